The van der Waals surface area contributed by atoms with Crippen molar-refractivity contribution in [1.29, 1.82) is 0 Å². The van der Waals surface area contributed by atoms with Crippen LogP contribution in [0.2, 0.25) is 0 Å². The number of rotatable bonds is 8. The number of aryl methyl sites for hydroxylation is 4. The fraction of sp³-hybridized carbons (Fsp3) is 0.356. The van der Waals surface area contributed by atoms with E-state index in [1.54, 1.807) is 14.4 Å². The van der Waals surface area contributed by atoms with Crippen LogP contribution < -0.4 is 24.8 Å². The van der Waals surface area contributed by atoms with Gasteiger partial charge in [-0.1, -0.05) is 0 Å². The van der Waals surface area contributed by atoms with Gasteiger partial charge < -0.3 is 24.8 Å². The van der Waals surface area contributed by atoms with Gasteiger partial charge in [-0.25, -0.2) is 0 Å². The maximum absolute atomic E-state index is 2.63. The molecule has 48 heavy (non-hydrogen) atoms. The van der Waals surface area contributed by atoms with Gasteiger partial charge in [-0.3, -0.25) is 0 Å². The molecule has 0 nitrogen and oxygen atoms in total. The Balaban J connectivity index is 0.00000260. The molecule has 0 fully saturated rings. The number of benzene rings is 4. The molecule has 250 valence electrons. The summed E-state index contributed by atoms with van der Waals surface area (Å²) in [4.78, 5) is 0. The number of fused-ring (bicyclic) bond motifs is 3. The summed E-state index contributed by atoms with van der Waals surface area (Å²) < 4.78 is 4.18. The van der Waals surface area contributed by atoms with E-state index in [9.17, 15) is 0 Å². The summed E-state index contributed by atoms with van der Waals surface area (Å²) in [6.07, 6.45) is 13.1. The van der Waals surface area contributed by atoms with Crippen molar-refractivity contribution in [3.63, 3.8) is 0 Å². The Morgan fingerprint density at radius 3 is 1.46 bits per heavy atom. The summed E-state index contributed by atoms with van der Waals surface area (Å²) in [6, 6.07) is 32.9. The van der Waals surface area contributed by atoms with E-state index in [4.69, 9.17) is 0 Å². The molecule has 0 aliphatic heterocycles. The number of hydrogen-bond acceptors (Lipinski definition) is 0. The van der Waals surface area contributed by atoms with Crippen LogP contribution in [0.3, 0.4) is 0 Å². The van der Waals surface area contributed by atoms with Gasteiger partial charge in [0.15, 0.2) is 0 Å². The van der Waals surface area contributed by atoms with E-state index in [0.29, 0.717) is 3.63 Å². The summed E-state index contributed by atoms with van der Waals surface area (Å²) in [5, 5.41) is 0. The first kappa shape index (κ1) is 38.5. The van der Waals surface area contributed by atoms with Gasteiger partial charge in [0.1, 0.15) is 0 Å². The summed E-state index contributed by atoms with van der Waals surface area (Å²) in [6.45, 7) is 19.0. The fourth-order valence-electron chi connectivity index (χ4n) is 8.04. The Bertz CT molecular complexity index is 1720. The van der Waals surface area contributed by atoms with Crippen LogP contribution in [0.5, 0.6) is 0 Å². The van der Waals surface area contributed by atoms with Gasteiger partial charge in [0.05, 0.1) is 0 Å². The smallest absolute Gasteiger partial charge is 1.00 e. The Hall–Kier alpha value is -2.31. The summed E-state index contributed by atoms with van der Waals surface area (Å²) in [7, 11) is 0. The molecule has 0 aromatic heterocycles. The Morgan fingerprint density at radius 1 is 0.646 bits per heavy atom. The van der Waals surface area contributed by atoms with Crippen molar-refractivity contribution in [3.05, 3.63) is 151 Å². The normalized spacial score (nSPS) is 13.5. The van der Waals surface area contributed by atoms with Crippen LogP contribution in [0.25, 0.3) is 11.1 Å². The van der Waals surface area contributed by atoms with Crippen LogP contribution in [-0.4, -0.2) is 3.21 Å². The second-order valence-electron chi connectivity index (χ2n) is 15.8. The minimum absolute atomic E-state index is 0. The van der Waals surface area contributed by atoms with Gasteiger partial charge in [-0.05, 0) is 0 Å². The Labute approximate surface area is 311 Å². The molecule has 0 saturated carbocycles. The molecule has 0 bridgehead atoms. The Morgan fingerprint density at radius 2 is 1.08 bits per heavy atom. The van der Waals surface area contributed by atoms with Gasteiger partial charge in [0, 0.05) is 0 Å². The molecule has 2 aliphatic carbocycles. The molecule has 2 aliphatic rings. The monoisotopic (exact) mass is 752 g/mol. The van der Waals surface area contributed by atoms with E-state index in [2.05, 4.69) is 159 Å². The SMILES string of the molecule is Cc1cc2c(cc1C(C)(C)C)-c1cc(C(C)(C)C)c(C)cc1[CH]2[Zr+2]([C]1=CC=CC1)=[C](CCc1ccccc1)CCc1ccccc1.[Cl-].[Cl-]. The van der Waals surface area contributed by atoms with Crippen molar-refractivity contribution < 1.29 is 46.1 Å². The van der Waals surface area contributed by atoms with Gasteiger partial charge in [-0.2, -0.15) is 0 Å². The molecular formula is C45H52Cl2Zr. The predicted molar refractivity (Wildman–Crippen MR) is 197 cm³/mol. The number of hydrogen-bond donors (Lipinski definition) is 0. The van der Waals surface area contributed by atoms with E-state index in [0.717, 1.165) is 19.3 Å². The van der Waals surface area contributed by atoms with Gasteiger partial charge in [-0.15, -0.1) is 0 Å². The molecule has 0 amide bonds. The molecular weight excluding hydrogens is 703 g/mol. The maximum atomic E-state index is 2.63. The molecule has 6 rings (SSSR count). The molecule has 0 saturated heterocycles. The third-order valence-electron chi connectivity index (χ3n) is 10.2. The minimum atomic E-state index is -2.49. The fourth-order valence-corrected chi connectivity index (χ4v) is 17.2. The average Bonchev–Trinajstić information content (AvgIpc) is 3.64. The quantitative estimate of drug-likeness (QED) is 0.211. The zero-order valence-corrected chi connectivity index (χ0v) is 34.2. The first-order valence-electron chi connectivity index (χ1n) is 17.4. The van der Waals surface area contributed by atoms with Crippen LogP contribution in [0, 0.1) is 13.8 Å². The van der Waals surface area contributed by atoms with E-state index < -0.39 is 21.3 Å². The van der Waals surface area contributed by atoms with Crippen LogP contribution >= 0.6 is 0 Å². The number of halogens is 2. The predicted octanol–water partition coefficient (Wildman–Crippen LogP) is 5.88. The topological polar surface area (TPSA) is 0 Å². The van der Waals surface area contributed by atoms with Gasteiger partial charge in [0.2, 0.25) is 0 Å². The first-order valence-corrected chi connectivity index (χ1v) is 21.3. The van der Waals surface area contributed by atoms with E-state index in [-0.39, 0.29) is 35.6 Å². The second kappa shape index (κ2) is 15.7. The third kappa shape index (κ3) is 8.18. The molecule has 0 spiro atoms. The summed E-state index contributed by atoms with van der Waals surface area (Å²) in [5.74, 6) is 0. The van der Waals surface area contributed by atoms with Crippen LogP contribution in [0.1, 0.15) is 109 Å². The molecule has 0 heterocycles. The number of allylic oxidation sites excluding steroid dienone is 4. The van der Waals surface area contributed by atoms with Gasteiger partial charge >= 0.3 is 288 Å². The molecule has 0 radical (unpaired) electrons. The van der Waals surface area contributed by atoms with E-state index in [1.807, 2.05) is 3.21 Å². The van der Waals surface area contributed by atoms with E-state index >= 15 is 0 Å². The van der Waals surface area contributed by atoms with Crippen molar-refractivity contribution in [2.75, 3.05) is 0 Å². The molecule has 3 heteroatoms. The summed E-state index contributed by atoms with van der Waals surface area (Å²) >= 11 is -2.49. The van der Waals surface area contributed by atoms with Crippen molar-refractivity contribution >= 4 is 3.21 Å². The third-order valence-corrected chi connectivity index (χ3v) is 18.9. The zero-order valence-electron chi connectivity index (χ0n) is 30.2. The van der Waals surface area contributed by atoms with Crippen molar-refractivity contribution in [1.82, 2.24) is 0 Å². The van der Waals surface area contributed by atoms with Crippen LogP contribution in [0.4, 0.5) is 0 Å². The standard InChI is InChI=1S/C23H29.C17H18.C5H5.2ClH.Zr/c1-14-9-16-11-17-10-15(2)21(23(6,7)8)13-19(17)18(16)12-20(14)22(3,4)5;1-4-10-16(11-5-1)14-8-3-9-15-17-12-6-2-7-13-17;1-2-4-5-3-1;;;/h9-13H,1-8H3;1-2,4-7,10-13H,8-9,14-15H2;1-3H,4H2;2*1H;/q;;;;;+2/p-2. The molecule has 4 aromatic carbocycles. The van der Waals surface area contributed by atoms with Crippen LogP contribution in [0.15, 0.2) is 106 Å². The average molecular weight is 755 g/mol. The molecule has 0 atom stereocenters. The summed E-state index contributed by atoms with van der Waals surface area (Å²) in [5.41, 5.74) is 15.3. The van der Waals surface area contributed by atoms with Crippen molar-refractivity contribution in [2.45, 2.75) is 102 Å². The second-order valence-corrected chi connectivity index (χ2v) is 22.5. The molecule has 4 aromatic rings. The molecule has 0 unspecified atom stereocenters. The molecule has 0 N–H and O–H groups in total. The largest absolute Gasteiger partial charge is 1.00 e. The van der Waals surface area contributed by atoms with Crippen LogP contribution in [-0.2, 0) is 44.9 Å². The minimum Gasteiger partial charge on any atom is -1.00 e. The van der Waals surface area contributed by atoms with Crippen molar-refractivity contribution in [2.24, 2.45) is 0 Å². The Kier molecular flexibility index (Phi) is 12.6. The van der Waals surface area contributed by atoms with E-state index in [1.165, 1.54) is 57.3 Å². The first-order chi connectivity index (χ1) is 21.9. The zero-order chi connectivity index (χ0) is 32.6. The maximum Gasteiger partial charge on any atom is -1.00 e. The van der Waals surface area contributed by atoms with Crippen molar-refractivity contribution in [3.8, 4) is 11.1 Å². The van der Waals surface area contributed by atoms with Gasteiger partial charge in [0.25, 0.3) is 0 Å².